The van der Waals surface area contributed by atoms with Crippen molar-refractivity contribution in [2.75, 3.05) is 20.8 Å². The summed E-state index contributed by atoms with van der Waals surface area (Å²) < 4.78 is 15.7. The molecule has 1 heterocycles. The average molecular weight is 188 g/mol. The predicted octanol–water partition coefficient (Wildman–Crippen LogP) is 0.660. The summed E-state index contributed by atoms with van der Waals surface area (Å²) in [4.78, 5) is 0. The molecule has 13 heavy (non-hydrogen) atoms. The van der Waals surface area contributed by atoms with Gasteiger partial charge in [0.1, 0.15) is 0 Å². The maximum atomic E-state index is 8.69. The van der Waals surface area contributed by atoms with E-state index in [1.54, 1.807) is 20.3 Å². The van der Waals surface area contributed by atoms with Crippen molar-refractivity contribution in [3.8, 4) is 0 Å². The minimum absolute atomic E-state index is 0.139. The van der Waals surface area contributed by atoms with Gasteiger partial charge in [0.05, 0.1) is 0 Å². The number of rotatable bonds is 5. The highest BCUT2D eigenvalue weighted by Crippen LogP contribution is 2.28. The maximum absolute atomic E-state index is 8.69. The summed E-state index contributed by atoms with van der Waals surface area (Å²) in [6, 6.07) is 0. The molecule has 0 aromatic carbocycles. The Morgan fingerprint density at radius 1 is 1.54 bits per heavy atom. The van der Waals surface area contributed by atoms with E-state index >= 15 is 0 Å². The van der Waals surface area contributed by atoms with Crippen molar-refractivity contribution in [2.24, 2.45) is 0 Å². The molecule has 2 atom stereocenters. The Morgan fingerprint density at radius 3 is 2.77 bits per heavy atom. The molecule has 1 aliphatic rings. The number of methoxy groups -OCH3 is 2. The Hall–Kier alpha value is -0.420. The number of ether oxygens (including phenoxy) is 3. The Labute approximate surface area is 78.1 Å². The molecule has 4 heteroatoms. The van der Waals surface area contributed by atoms with Gasteiger partial charge >= 0.3 is 0 Å². The lowest BCUT2D eigenvalue weighted by Gasteiger charge is -2.26. The minimum Gasteiger partial charge on any atom is -0.396 e. The van der Waals surface area contributed by atoms with Crippen LogP contribution in [-0.4, -0.2) is 38.0 Å². The first-order valence-electron chi connectivity index (χ1n) is 4.32. The minimum atomic E-state index is -0.705. The Balaban J connectivity index is 2.48. The van der Waals surface area contributed by atoms with E-state index in [9.17, 15) is 0 Å². The number of hydrogen-bond acceptors (Lipinski definition) is 4. The number of aliphatic hydroxyl groups excluding tert-OH is 1. The SMILES string of the molecule is COC1C=CC(CCCO)(OC)O1. The second kappa shape index (κ2) is 4.72. The van der Waals surface area contributed by atoms with Crippen LogP contribution in [0.15, 0.2) is 12.2 Å². The van der Waals surface area contributed by atoms with E-state index in [4.69, 9.17) is 19.3 Å². The second-order valence-electron chi connectivity index (χ2n) is 2.92. The Bertz CT molecular complexity index is 180. The summed E-state index contributed by atoms with van der Waals surface area (Å²) in [6.45, 7) is 0.139. The molecule has 0 bridgehead atoms. The van der Waals surface area contributed by atoms with Crippen LogP contribution in [0, 0.1) is 0 Å². The third-order valence-electron chi connectivity index (χ3n) is 2.08. The average Bonchev–Trinajstić information content (AvgIpc) is 2.59. The third-order valence-corrected chi connectivity index (χ3v) is 2.08. The molecule has 0 radical (unpaired) electrons. The fourth-order valence-corrected chi connectivity index (χ4v) is 1.31. The van der Waals surface area contributed by atoms with Crippen LogP contribution in [-0.2, 0) is 14.2 Å². The van der Waals surface area contributed by atoms with E-state index in [2.05, 4.69) is 0 Å². The molecule has 1 rings (SSSR count). The summed E-state index contributed by atoms with van der Waals surface area (Å²) in [7, 11) is 3.16. The Morgan fingerprint density at radius 2 is 2.31 bits per heavy atom. The van der Waals surface area contributed by atoms with Crippen molar-refractivity contribution in [1.82, 2.24) is 0 Å². The first-order chi connectivity index (χ1) is 6.26. The van der Waals surface area contributed by atoms with E-state index in [0.717, 1.165) is 0 Å². The second-order valence-corrected chi connectivity index (χ2v) is 2.92. The highest BCUT2D eigenvalue weighted by molar-refractivity contribution is 5.04. The van der Waals surface area contributed by atoms with Crippen molar-refractivity contribution in [2.45, 2.75) is 24.9 Å². The summed E-state index contributed by atoms with van der Waals surface area (Å²) >= 11 is 0. The summed E-state index contributed by atoms with van der Waals surface area (Å²) in [5.41, 5.74) is 0. The first kappa shape index (κ1) is 10.7. The summed E-state index contributed by atoms with van der Waals surface area (Å²) in [5, 5.41) is 8.69. The third kappa shape index (κ3) is 2.51. The molecule has 0 saturated carbocycles. The zero-order valence-corrected chi connectivity index (χ0v) is 8.03. The lowest BCUT2D eigenvalue weighted by atomic mass is 10.1. The number of aliphatic hydroxyl groups is 1. The molecular formula is C9H16O4. The maximum Gasteiger partial charge on any atom is 0.191 e. The van der Waals surface area contributed by atoms with E-state index in [0.29, 0.717) is 12.8 Å². The molecule has 0 amide bonds. The molecule has 1 aliphatic heterocycles. The lowest BCUT2D eigenvalue weighted by Crippen LogP contribution is -2.32. The van der Waals surface area contributed by atoms with Gasteiger partial charge < -0.3 is 19.3 Å². The largest absolute Gasteiger partial charge is 0.396 e. The van der Waals surface area contributed by atoms with Gasteiger partial charge in [0.25, 0.3) is 0 Å². The monoisotopic (exact) mass is 188 g/mol. The first-order valence-corrected chi connectivity index (χ1v) is 4.32. The van der Waals surface area contributed by atoms with Crippen molar-refractivity contribution in [1.29, 1.82) is 0 Å². The quantitative estimate of drug-likeness (QED) is 0.644. The van der Waals surface area contributed by atoms with Crippen LogP contribution in [0.1, 0.15) is 12.8 Å². The van der Waals surface area contributed by atoms with Gasteiger partial charge in [-0.05, 0) is 18.6 Å². The van der Waals surface area contributed by atoms with Crippen LogP contribution in [0.3, 0.4) is 0 Å². The molecule has 1 N–H and O–H groups in total. The van der Waals surface area contributed by atoms with Crippen LogP contribution in [0.4, 0.5) is 0 Å². The zero-order chi connectivity index (χ0) is 9.73. The fraction of sp³-hybridized carbons (Fsp3) is 0.778. The molecule has 0 aliphatic carbocycles. The van der Waals surface area contributed by atoms with E-state index in [1.807, 2.05) is 6.08 Å². The van der Waals surface area contributed by atoms with E-state index in [-0.39, 0.29) is 12.9 Å². The Kier molecular flexibility index (Phi) is 3.87. The van der Waals surface area contributed by atoms with Crippen molar-refractivity contribution < 1.29 is 19.3 Å². The van der Waals surface area contributed by atoms with Crippen molar-refractivity contribution in [3.63, 3.8) is 0 Å². The van der Waals surface area contributed by atoms with Crippen LogP contribution < -0.4 is 0 Å². The summed E-state index contributed by atoms with van der Waals surface area (Å²) in [6.07, 6.45) is 4.58. The van der Waals surface area contributed by atoms with Crippen molar-refractivity contribution >= 4 is 0 Å². The van der Waals surface area contributed by atoms with E-state index in [1.165, 1.54) is 0 Å². The molecule has 0 saturated heterocycles. The standard InChI is InChI=1S/C9H16O4/c1-11-8-4-6-9(12-2,13-8)5-3-7-10/h4,6,8,10H,3,5,7H2,1-2H3. The molecule has 0 spiro atoms. The fourth-order valence-electron chi connectivity index (χ4n) is 1.31. The van der Waals surface area contributed by atoms with Gasteiger partial charge in [-0.25, -0.2) is 0 Å². The van der Waals surface area contributed by atoms with Gasteiger partial charge in [0.2, 0.25) is 0 Å². The van der Waals surface area contributed by atoms with Crippen molar-refractivity contribution in [3.05, 3.63) is 12.2 Å². The van der Waals surface area contributed by atoms with Gasteiger partial charge in [-0.2, -0.15) is 0 Å². The van der Waals surface area contributed by atoms with Gasteiger partial charge in [-0.3, -0.25) is 0 Å². The summed E-state index contributed by atoms with van der Waals surface area (Å²) in [5.74, 6) is -0.705. The molecule has 2 unspecified atom stereocenters. The smallest absolute Gasteiger partial charge is 0.191 e. The van der Waals surface area contributed by atoms with Gasteiger partial charge in [-0.15, -0.1) is 0 Å². The van der Waals surface area contributed by atoms with E-state index < -0.39 is 5.79 Å². The predicted molar refractivity (Wildman–Crippen MR) is 47.1 cm³/mol. The number of hydrogen-bond donors (Lipinski definition) is 1. The zero-order valence-electron chi connectivity index (χ0n) is 8.03. The van der Waals surface area contributed by atoms with Crippen LogP contribution in [0.5, 0.6) is 0 Å². The lowest BCUT2D eigenvalue weighted by molar-refractivity contribution is -0.245. The van der Waals surface area contributed by atoms with Gasteiger partial charge in [-0.1, -0.05) is 0 Å². The molecular weight excluding hydrogens is 172 g/mol. The topological polar surface area (TPSA) is 47.9 Å². The molecule has 0 aromatic rings. The molecule has 76 valence electrons. The highest BCUT2D eigenvalue weighted by atomic mass is 16.8. The molecule has 0 aromatic heterocycles. The van der Waals surface area contributed by atoms with Gasteiger partial charge in [0, 0.05) is 27.2 Å². The highest BCUT2D eigenvalue weighted by Gasteiger charge is 2.34. The van der Waals surface area contributed by atoms with Crippen LogP contribution >= 0.6 is 0 Å². The van der Waals surface area contributed by atoms with Gasteiger partial charge in [0.15, 0.2) is 12.1 Å². The molecule has 4 nitrogen and oxygen atoms in total. The van der Waals surface area contributed by atoms with Crippen LogP contribution in [0.2, 0.25) is 0 Å². The molecule has 0 fully saturated rings. The van der Waals surface area contributed by atoms with Crippen LogP contribution in [0.25, 0.3) is 0 Å². The normalized spacial score (nSPS) is 32.7.